The minimum atomic E-state index is -1.31. The van der Waals surface area contributed by atoms with Crippen LogP contribution in [0.2, 0.25) is 0 Å². The number of hydrogen-bond acceptors (Lipinski definition) is 7. The molecule has 0 aliphatic carbocycles. The van der Waals surface area contributed by atoms with E-state index in [4.69, 9.17) is 0 Å². The Hall–Kier alpha value is -0.140. The molecule has 174 valence electrons. The molecule has 0 saturated heterocycles. The summed E-state index contributed by atoms with van der Waals surface area (Å²) in [6.07, 6.45) is -0.664. The third-order valence-corrected chi connectivity index (χ3v) is 7.77. The average Bonchev–Trinajstić information content (AvgIpc) is 2.72. The fraction of sp³-hybridized carbons (Fsp3) is 0.526. The van der Waals surface area contributed by atoms with Gasteiger partial charge < -0.3 is 31.1 Å². The Balaban J connectivity index is 3.66. The van der Waals surface area contributed by atoms with E-state index in [1.54, 1.807) is 0 Å². The molecule has 1 aromatic carbocycles. The lowest BCUT2D eigenvalue weighted by Crippen LogP contribution is -2.41. The zero-order chi connectivity index (χ0) is 23.9. The number of amides is 2. The monoisotopic (exact) mass is 774 g/mol. The third kappa shape index (κ3) is 7.43. The van der Waals surface area contributed by atoms with Crippen molar-refractivity contribution in [3.63, 3.8) is 0 Å². The quantitative estimate of drug-likeness (QED) is 0.147. The van der Waals surface area contributed by atoms with Gasteiger partial charge in [0.2, 0.25) is 0 Å². The van der Waals surface area contributed by atoms with Gasteiger partial charge in [0.25, 0.3) is 11.8 Å². The standard InChI is InChI=1S/C19H25I3N2O7/c1-3-9(5-25)4-11(29)12-14(20)13(19(31)23-10(6-26)7-27)16(22)17(15(12)21)24-18(30)8(2)28/h8-10,25-28H,3-7H2,1-2H3,(H,23,31)(H,24,30)/t8-,9?/m0/s1. The molecule has 9 nitrogen and oxygen atoms in total. The predicted octanol–water partition coefficient (Wildman–Crippen LogP) is 1.49. The lowest BCUT2D eigenvalue weighted by atomic mass is 9.95. The lowest BCUT2D eigenvalue weighted by molar-refractivity contribution is -0.123. The first-order valence-corrected chi connectivity index (χ1v) is 12.6. The fourth-order valence-electron chi connectivity index (χ4n) is 2.55. The van der Waals surface area contributed by atoms with Crippen LogP contribution in [0.5, 0.6) is 0 Å². The minimum absolute atomic E-state index is 0.0559. The van der Waals surface area contributed by atoms with Gasteiger partial charge in [0, 0.05) is 25.7 Å². The maximum Gasteiger partial charge on any atom is 0.253 e. The van der Waals surface area contributed by atoms with E-state index in [0.717, 1.165) is 0 Å². The summed E-state index contributed by atoms with van der Waals surface area (Å²) in [4.78, 5) is 38.2. The average molecular weight is 774 g/mol. The summed E-state index contributed by atoms with van der Waals surface area (Å²) in [5.74, 6) is -1.88. The predicted molar refractivity (Wildman–Crippen MR) is 140 cm³/mol. The molecule has 1 aromatic rings. The first-order valence-electron chi connectivity index (χ1n) is 9.39. The molecule has 0 aromatic heterocycles. The van der Waals surface area contributed by atoms with Crippen molar-refractivity contribution < 1.29 is 34.8 Å². The molecule has 0 aliphatic heterocycles. The molecule has 31 heavy (non-hydrogen) atoms. The summed E-state index contributed by atoms with van der Waals surface area (Å²) < 4.78 is 1.11. The molecule has 6 N–H and O–H groups in total. The SMILES string of the molecule is CCC(CO)CC(=O)c1c(I)c(NC(=O)[C@H](C)O)c(I)c(C(=O)NC(CO)CO)c1I. The topological polar surface area (TPSA) is 156 Å². The van der Waals surface area contributed by atoms with E-state index in [-0.39, 0.29) is 41.5 Å². The molecule has 1 unspecified atom stereocenters. The van der Waals surface area contributed by atoms with Crippen LogP contribution < -0.4 is 10.6 Å². The Labute approximate surface area is 221 Å². The zero-order valence-electron chi connectivity index (χ0n) is 16.9. The Morgan fingerprint density at radius 3 is 1.94 bits per heavy atom. The number of anilines is 1. The van der Waals surface area contributed by atoms with Gasteiger partial charge in [0.1, 0.15) is 6.10 Å². The van der Waals surface area contributed by atoms with E-state index in [0.29, 0.717) is 17.1 Å². The number of ketones is 1. The van der Waals surface area contributed by atoms with Gasteiger partial charge in [0.05, 0.1) is 34.1 Å². The highest BCUT2D eigenvalue weighted by Gasteiger charge is 2.30. The van der Waals surface area contributed by atoms with Gasteiger partial charge in [0.15, 0.2) is 5.78 Å². The molecule has 2 atom stereocenters. The van der Waals surface area contributed by atoms with Crippen molar-refractivity contribution in [2.24, 2.45) is 5.92 Å². The fourth-order valence-corrected chi connectivity index (χ4v) is 7.08. The van der Waals surface area contributed by atoms with Crippen LogP contribution >= 0.6 is 67.8 Å². The van der Waals surface area contributed by atoms with E-state index >= 15 is 0 Å². The number of rotatable bonds is 11. The van der Waals surface area contributed by atoms with Gasteiger partial charge in [-0.15, -0.1) is 0 Å². The Bertz CT molecular complexity index is 772. The van der Waals surface area contributed by atoms with Gasteiger partial charge in [-0.25, -0.2) is 0 Å². The highest BCUT2D eigenvalue weighted by atomic mass is 127. The summed E-state index contributed by atoms with van der Waals surface area (Å²) in [5.41, 5.74) is 0.543. The number of benzene rings is 1. The second kappa shape index (κ2) is 13.5. The molecule has 1 rings (SSSR count). The van der Waals surface area contributed by atoms with Crippen LogP contribution in [-0.4, -0.2) is 70.0 Å². The van der Waals surface area contributed by atoms with Crippen LogP contribution in [0.15, 0.2) is 0 Å². The zero-order valence-corrected chi connectivity index (χ0v) is 23.4. The van der Waals surface area contributed by atoms with Gasteiger partial charge in [-0.1, -0.05) is 13.3 Å². The third-order valence-electron chi connectivity index (χ3n) is 4.54. The second-order valence-electron chi connectivity index (χ2n) is 6.85. The van der Waals surface area contributed by atoms with E-state index in [1.807, 2.05) is 74.7 Å². The van der Waals surface area contributed by atoms with Crippen molar-refractivity contribution in [3.8, 4) is 0 Å². The van der Waals surface area contributed by atoms with E-state index in [2.05, 4.69) is 10.6 Å². The minimum Gasteiger partial charge on any atom is -0.396 e. The first-order chi connectivity index (χ1) is 14.5. The van der Waals surface area contributed by atoms with Crippen molar-refractivity contribution in [2.75, 3.05) is 25.1 Å². The van der Waals surface area contributed by atoms with Crippen molar-refractivity contribution in [2.45, 2.75) is 38.8 Å². The Kier molecular flexibility index (Phi) is 12.6. The highest BCUT2D eigenvalue weighted by molar-refractivity contribution is 14.1. The van der Waals surface area contributed by atoms with Gasteiger partial charge >= 0.3 is 0 Å². The van der Waals surface area contributed by atoms with Gasteiger partial charge in [-0.2, -0.15) is 0 Å². The summed E-state index contributed by atoms with van der Waals surface area (Å²) in [5, 5.41) is 42.7. The molecule has 0 bridgehead atoms. The first kappa shape index (κ1) is 28.9. The molecule has 0 fully saturated rings. The number of aliphatic hydroxyl groups excluding tert-OH is 4. The van der Waals surface area contributed by atoms with Crippen LogP contribution in [0.25, 0.3) is 0 Å². The summed E-state index contributed by atoms with van der Waals surface area (Å²) in [7, 11) is 0. The summed E-state index contributed by atoms with van der Waals surface area (Å²) in [6.45, 7) is 2.03. The molecular weight excluding hydrogens is 749 g/mol. The number of nitrogens with one attached hydrogen (secondary N) is 2. The highest BCUT2D eigenvalue weighted by Crippen LogP contribution is 2.37. The van der Waals surface area contributed by atoms with Gasteiger partial charge in [-0.05, 0) is 80.6 Å². The van der Waals surface area contributed by atoms with Crippen LogP contribution in [0, 0.1) is 16.6 Å². The number of Topliss-reactive ketones (excluding diaryl/α,β-unsaturated/α-hetero) is 1. The van der Waals surface area contributed by atoms with E-state index in [1.165, 1.54) is 6.92 Å². The van der Waals surface area contributed by atoms with Crippen molar-refractivity contribution in [1.82, 2.24) is 5.32 Å². The van der Waals surface area contributed by atoms with Crippen molar-refractivity contribution >= 4 is 91.1 Å². The molecule has 0 aliphatic rings. The molecule has 0 spiro atoms. The van der Waals surface area contributed by atoms with E-state index < -0.39 is 37.2 Å². The van der Waals surface area contributed by atoms with Crippen molar-refractivity contribution in [1.29, 1.82) is 0 Å². The maximum absolute atomic E-state index is 13.1. The molecule has 0 radical (unpaired) electrons. The number of aliphatic hydroxyl groups is 4. The molecule has 12 heteroatoms. The van der Waals surface area contributed by atoms with Crippen molar-refractivity contribution in [3.05, 3.63) is 21.8 Å². The van der Waals surface area contributed by atoms with Crippen LogP contribution in [0.4, 0.5) is 5.69 Å². The molecular formula is C19H25I3N2O7. The van der Waals surface area contributed by atoms with E-state index in [9.17, 15) is 34.8 Å². The summed E-state index contributed by atoms with van der Waals surface area (Å²) >= 11 is 5.67. The maximum atomic E-state index is 13.1. The molecule has 2 amide bonds. The normalized spacial score (nSPS) is 13.1. The van der Waals surface area contributed by atoms with Crippen LogP contribution in [0.1, 0.15) is 47.4 Å². The lowest BCUT2D eigenvalue weighted by Gasteiger charge is -2.22. The Morgan fingerprint density at radius 1 is 0.935 bits per heavy atom. The second-order valence-corrected chi connectivity index (χ2v) is 10.1. The number of hydrogen-bond donors (Lipinski definition) is 6. The smallest absolute Gasteiger partial charge is 0.253 e. The largest absolute Gasteiger partial charge is 0.396 e. The number of carbonyl (C=O) groups is 3. The molecule has 0 saturated carbocycles. The molecule has 0 heterocycles. The Morgan fingerprint density at radius 2 is 1.48 bits per heavy atom. The summed E-state index contributed by atoms with van der Waals surface area (Å²) in [6, 6.07) is -0.896. The van der Waals surface area contributed by atoms with Crippen LogP contribution in [0.3, 0.4) is 0 Å². The number of carbonyl (C=O) groups excluding carboxylic acids is 3. The number of halogens is 3. The van der Waals surface area contributed by atoms with Crippen LogP contribution in [-0.2, 0) is 4.79 Å². The van der Waals surface area contributed by atoms with Gasteiger partial charge in [-0.3, -0.25) is 14.4 Å².